The summed E-state index contributed by atoms with van der Waals surface area (Å²) in [7, 11) is -3.25. The van der Waals surface area contributed by atoms with Gasteiger partial charge in [-0.15, -0.1) is 12.4 Å². The van der Waals surface area contributed by atoms with Gasteiger partial charge < -0.3 is 10.2 Å². The maximum absolute atomic E-state index is 11.9. The van der Waals surface area contributed by atoms with E-state index in [-0.39, 0.29) is 24.2 Å². The average molecular weight is 298 g/mol. The van der Waals surface area contributed by atoms with E-state index in [1.165, 1.54) is 0 Å². The van der Waals surface area contributed by atoms with E-state index < -0.39 is 15.3 Å². The normalized spacial score (nSPS) is 24.5. The van der Waals surface area contributed by atoms with E-state index in [4.69, 9.17) is 0 Å². The summed E-state index contributed by atoms with van der Waals surface area (Å²) in [5, 5.41) is 2.60. The van der Waals surface area contributed by atoms with E-state index in [1.54, 1.807) is 11.8 Å². The van der Waals surface area contributed by atoms with Gasteiger partial charge in [0.05, 0.1) is 11.2 Å². The van der Waals surface area contributed by atoms with Gasteiger partial charge in [-0.05, 0) is 6.42 Å². The Morgan fingerprint density at radius 3 is 2.61 bits per heavy atom. The first kappa shape index (κ1) is 15.7. The highest BCUT2D eigenvalue weighted by molar-refractivity contribution is 7.90. The minimum Gasteiger partial charge on any atom is -0.341 e. The molecule has 0 saturated carbocycles. The Balaban J connectivity index is 0.00000162. The van der Waals surface area contributed by atoms with Crippen molar-refractivity contribution in [1.82, 2.24) is 14.9 Å². The van der Waals surface area contributed by atoms with E-state index in [1.807, 2.05) is 0 Å². The highest BCUT2D eigenvalue weighted by Gasteiger charge is 2.38. The third kappa shape index (κ3) is 3.14. The van der Waals surface area contributed by atoms with Crippen LogP contribution in [0.1, 0.15) is 13.3 Å². The van der Waals surface area contributed by atoms with Gasteiger partial charge in [-0.1, -0.05) is 6.92 Å². The van der Waals surface area contributed by atoms with Crippen LogP contribution in [0.25, 0.3) is 0 Å². The molecule has 0 aromatic heterocycles. The molecule has 2 saturated heterocycles. The fraction of sp³-hybridized carbons (Fsp3) is 0.900. The Kier molecular flexibility index (Phi) is 5.39. The van der Waals surface area contributed by atoms with Crippen molar-refractivity contribution in [2.45, 2.75) is 18.6 Å². The number of amides is 1. The highest BCUT2D eigenvalue weighted by atomic mass is 35.5. The number of carbonyl (C=O) groups is 1. The summed E-state index contributed by atoms with van der Waals surface area (Å²) in [6.07, 6.45) is 0.543. The topological polar surface area (TPSA) is 78.5 Å². The predicted molar refractivity (Wildman–Crippen MR) is 71.2 cm³/mol. The molecule has 0 spiro atoms. The molecule has 0 bridgehead atoms. The molecule has 2 rings (SSSR count). The van der Waals surface area contributed by atoms with Crippen molar-refractivity contribution in [3.63, 3.8) is 0 Å². The maximum atomic E-state index is 11.9. The Morgan fingerprint density at radius 1 is 1.44 bits per heavy atom. The summed E-state index contributed by atoms with van der Waals surface area (Å²) in [6.45, 7) is 4.50. The maximum Gasteiger partial charge on any atom is 0.228 e. The number of hydrogen-bond donors (Lipinski definition) is 2. The van der Waals surface area contributed by atoms with Crippen molar-refractivity contribution in [2.24, 2.45) is 5.92 Å². The molecule has 6 nitrogen and oxygen atoms in total. The van der Waals surface area contributed by atoms with Gasteiger partial charge in [-0.2, -0.15) is 0 Å². The van der Waals surface area contributed by atoms with E-state index in [0.29, 0.717) is 26.1 Å². The van der Waals surface area contributed by atoms with E-state index in [2.05, 4.69) is 10.0 Å². The highest BCUT2D eigenvalue weighted by Crippen LogP contribution is 2.19. The van der Waals surface area contributed by atoms with Crippen LogP contribution in [-0.4, -0.2) is 57.2 Å². The SMILES string of the molecule is CCNS(=O)(=O)C1CCN(C(=O)C2CNC2)C1.Cl. The quantitative estimate of drug-likeness (QED) is 0.710. The Hall–Kier alpha value is -0.370. The first-order chi connectivity index (χ1) is 8.04. The monoisotopic (exact) mass is 297 g/mol. The summed E-state index contributed by atoms with van der Waals surface area (Å²) in [4.78, 5) is 13.6. The third-order valence-corrected chi connectivity index (χ3v) is 5.33. The number of carbonyl (C=O) groups excluding carboxylic acids is 1. The van der Waals surface area contributed by atoms with Gasteiger partial charge in [0.15, 0.2) is 0 Å². The van der Waals surface area contributed by atoms with Crippen molar-refractivity contribution in [1.29, 1.82) is 0 Å². The van der Waals surface area contributed by atoms with Crippen molar-refractivity contribution in [3.05, 3.63) is 0 Å². The van der Waals surface area contributed by atoms with Gasteiger partial charge in [-0.25, -0.2) is 13.1 Å². The lowest BCUT2D eigenvalue weighted by Crippen LogP contribution is -2.52. The second-order valence-electron chi connectivity index (χ2n) is 4.59. The lowest BCUT2D eigenvalue weighted by atomic mass is 10.0. The molecule has 0 radical (unpaired) electrons. The van der Waals surface area contributed by atoms with Crippen LogP contribution in [0.15, 0.2) is 0 Å². The number of sulfonamides is 1. The van der Waals surface area contributed by atoms with Crippen molar-refractivity contribution in [2.75, 3.05) is 32.7 Å². The molecule has 0 aromatic rings. The zero-order chi connectivity index (χ0) is 12.5. The lowest BCUT2D eigenvalue weighted by molar-refractivity contribution is -0.135. The molecule has 1 unspecified atom stereocenters. The molecule has 2 aliphatic heterocycles. The molecule has 8 heteroatoms. The number of rotatable bonds is 4. The Bertz CT molecular complexity index is 397. The van der Waals surface area contributed by atoms with Crippen LogP contribution in [-0.2, 0) is 14.8 Å². The molecule has 2 aliphatic rings. The average Bonchev–Trinajstić information content (AvgIpc) is 2.63. The summed E-state index contributed by atoms with van der Waals surface area (Å²) < 4.78 is 26.1. The van der Waals surface area contributed by atoms with Crippen LogP contribution < -0.4 is 10.0 Å². The fourth-order valence-corrected chi connectivity index (χ4v) is 3.65. The van der Waals surface area contributed by atoms with Gasteiger partial charge >= 0.3 is 0 Å². The smallest absolute Gasteiger partial charge is 0.228 e. The first-order valence-corrected chi connectivity index (χ1v) is 7.57. The molecule has 2 heterocycles. The van der Waals surface area contributed by atoms with Crippen molar-refractivity contribution in [3.8, 4) is 0 Å². The molecule has 0 aromatic carbocycles. The summed E-state index contributed by atoms with van der Waals surface area (Å²) in [5.74, 6) is 0.147. The summed E-state index contributed by atoms with van der Waals surface area (Å²) in [6, 6.07) is 0. The molecule has 2 fully saturated rings. The minimum absolute atomic E-state index is 0. The van der Waals surface area contributed by atoms with E-state index in [9.17, 15) is 13.2 Å². The summed E-state index contributed by atoms with van der Waals surface area (Å²) in [5.41, 5.74) is 0. The number of likely N-dealkylation sites (tertiary alicyclic amines) is 1. The predicted octanol–water partition coefficient (Wildman–Crippen LogP) is -0.832. The zero-order valence-electron chi connectivity index (χ0n) is 10.4. The van der Waals surface area contributed by atoms with Gasteiger partial charge in [0, 0.05) is 32.7 Å². The van der Waals surface area contributed by atoms with Crippen molar-refractivity contribution < 1.29 is 13.2 Å². The van der Waals surface area contributed by atoms with Gasteiger partial charge in [0.25, 0.3) is 0 Å². The van der Waals surface area contributed by atoms with E-state index >= 15 is 0 Å². The van der Waals surface area contributed by atoms with Crippen LogP contribution in [0, 0.1) is 5.92 Å². The van der Waals surface area contributed by atoms with Crippen LogP contribution in [0.5, 0.6) is 0 Å². The Morgan fingerprint density at radius 2 is 2.11 bits per heavy atom. The Labute approximate surface area is 114 Å². The first-order valence-electron chi connectivity index (χ1n) is 6.02. The second-order valence-corrected chi connectivity index (χ2v) is 6.64. The number of nitrogens with one attached hydrogen (secondary N) is 2. The van der Waals surface area contributed by atoms with Crippen LogP contribution in [0.4, 0.5) is 0 Å². The van der Waals surface area contributed by atoms with Gasteiger partial charge in [0.1, 0.15) is 0 Å². The van der Waals surface area contributed by atoms with Crippen LogP contribution in [0.3, 0.4) is 0 Å². The molecule has 18 heavy (non-hydrogen) atoms. The van der Waals surface area contributed by atoms with Crippen LogP contribution in [0.2, 0.25) is 0 Å². The second kappa shape index (κ2) is 6.18. The molecule has 0 aliphatic carbocycles. The van der Waals surface area contributed by atoms with Crippen LogP contribution >= 0.6 is 12.4 Å². The third-order valence-electron chi connectivity index (χ3n) is 3.37. The standard InChI is InChI=1S/C10H19N3O3S.ClH/c1-2-12-17(15,16)9-3-4-13(7-9)10(14)8-5-11-6-8;/h8-9,11-12H,2-7H2,1H3;1H. The molecule has 2 N–H and O–H groups in total. The van der Waals surface area contributed by atoms with Gasteiger partial charge in [0.2, 0.25) is 15.9 Å². The number of hydrogen-bond acceptors (Lipinski definition) is 4. The number of halogens is 1. The van der Waals surface area contributed by atoms with Crippen molar-refractivity contribution >= 4 is 28.3 Å². The fourth-order valence-electron chi connectivity index (χ4n) is 2.22. The molecule has 1 atom stereocenters. The van der Waals surface area contributed by atoms with Gasteiger partial charge in [-0.3, -0.25) is 4.79 Å². The van der Waals surface area contributed by atoms with E-state index in [0.717, 1.165) is 13.1 Å². The summed E-state index contributed by atoms with van der Waals surface area (Å²) >= 11 is 0. The molecular weight excluding hydrogens is 278 g/mol. The minimum atomic E-state index is -3.25. The molecule has 1 amide bonds. The largest absolute Gasteiger partial charge is 0.341 e. The molecular formula is C10H20ClN3O3S. The molecule has 106 valence electrons. The number of nitrogens with zero attached hydrogens (tertiary/aromatic N) is 1. The zero-order valence-corrected chi connectivity index (χ0v) is 12.0. The lowest BCUT2D eigenvalue weighted by Gasteiger charge is -2.30.